The molecule has 0 saturated heterocycles. The largest absolute Gasteiger partial charge is 0.493 e. The van der Waals surface area contributed by atoms with E-state index in [1.54, 1.807) is 26.2 Å². The molecule has 30 heavy (non-hydrogen) atoms. The number of aryl methyl sites for hydroxylation is 1. The van der Waals surface area contributed by atoms with Crippen LogP contribution in [0.1, 0.15) is 27.7 Å². The minimum Gasteiger partial charge on any atom is -0.493 e. The molecule has 1 heterocycles. The van der Waals surface area contributed by atoms with Crippen LogP contribution in [0.2, 0.25) is 0 Å². The molecule has 0 unspecified atom stereocenters. The summed E-state index contributed by atoms with van der Waals surface area (Å²) in [4.78, 5) is 15.3. The lowest BCUT2D eigenvalue weighted by atomic mass is 10.0. The normalized spacial score (nSPS) is 15.3. The van der Waals surface area contributed by atoms with Gasteiger partial charge in [0, 0.05) is 16.9 Å². The lowest BCUT2D eigenvalue weighted by Gasteiger charge is -2.38. The first-order valence-electron chi connectivity index (χ1n) is 9.63. The van der Waals surface area contributed by atoms with Gasteiger partial charge in [-0.1, -0.05) is 29.8 Å². The molecule has 3 aromatic rings. The molecule has 1 N–H and O–H groups in total. The third-order valence-corrected chi connectivity index (χ3v) is 5.27. The van der Waals surface area contributed by atoms with Gasteiger partial charge in [-0.05, 0) is 43.3 Å². The monoisotopic (exact) mass is 404 g/mol. The summed E-state index contributed by atoms with van der Waals surface area (Å²) in [5.41, 5.74) is 4.06. The van der Waals surface area contributed by atoms with E-state index in [1.165, 1.54) is 0 Å². The highest BCUT2D eigenvalue weighted by atomic mass is 16.5. The first-order valence-corrected chi connectivity index (χ1v) is 9.63. The van der Waals surface area contributed by atoms with E-state index >= 15 is 0 Å². The lowest BCUT2D eigenvalue weighted by Crippen LogP contribution is -2.43. The molecule has 3 aromatic carbocycles. The van der Waals surface area contributed by atoms with Crippen LogP contribution >= 0.6 is 0 Å². The first-order chi connectivity index (χ1) is 14.6. The van der Waals surface area contributed by atoms with Gasteiger partial charge in [0.05, 0.1) is 26.9 Å². The average Bonchev–Trinajstić information content (AvgIpc) is 2.78. The van der Waals surface area contributed by atoms with Gasteiger partial charge in [-0.2, -0.15) is 0 Å². The summed E-state index contributed by atoms with van der Waals surface area (Å²) in [7, 11) is 4.72. The molecule has 6 heteroatoms. The zero-order chi connectivity index (χ0) is 21.3. The highest BCUT2D eigenvalue weighted by Crippen LogP contribution is 2.46. The minimum atomic E-state index is -0.495. The molecule has 1 aliphatic rings. The first kappa shape index (κ1) is 19.6. The Balaban J connectivity index is 1.92. The highest BCUT2D eigenvalue weighted by Gasteiger charge is 2.36. The summed E-state index contributed by atoms with van der Waals surface area (Å²) in [6.45, 7) is 2.02. The van der Waals surface area contributed by atoms with E-state index in [9.17, 15) is 4.79 Å². The van der Waals surface area contributed by atoms with Crippen LogP contribution in [0.15, 0.2) is 60.7 Å². The molecule has 0 radical (unpaired) electrons. The number of hydrogen-bond donors (Lipinski definition) is 1. The molecule has 4 rings (SSSR count). The number of anilines is 2. The smallest absolute Gasteiger partial charge is 0.262 e. The summed E-state index contributed by atoms with van der Waals surface area (Å²) < 4.78 is 16.7. The van der Waals surface area contributed by atoms with E-state index in [0.29, 0.717) is 22.8 Å². The van der Waals surface area contributed by atoms with Gasteiger partial charge in [-0.25, -0.2) is 0 Å². The minimum absolute atomic E-state index is 0.0879. The number of rotatable bonds is 5. The fourth-order valence-corrected chi connectivity index (χ4v) is 3.78. The van der Waals surface area contributed by atoms with Crippen LogP contribution in [0.5, 0.6) is 17.2 Å². The molecule has 0 bridgehead atoms. The molecule has 1 aliphatic heterocycles. The second-order valence-electron chi connectivity index (χ2n) is 7.03. The molecule has 1 amide bonds. The number of ether oxygens (including phenoxy) is 3. The molecule has 6 nitrogen and oxygen atoms in total. The number of nitrogens with one attached hydrogen (secondary N) is 1. The Bertz CT molecular complexity index is 1080. The number of carbonyl (C=O) groups is 1. The number of benzene rings is 3. The molecule has 0 saturated carbocycles. The van der Waals surface area contributed by atoms with Gasteiger partial charge >= 0.3 is 0 Å². The highest BCUT2D eigenvalue weighted by molar-refractivity contribution is 6.12. The molecule has 0 spiro atoms. The van der Waals surface area contributed by atoms with E-state index in [4.69, 9.17) is 14.2 Å². The van der Waals surface area contributed by atoms with E-state index in [-0.39, 0.29) is 5.91 Å². The van der Waals surface area contributed by atoms with Crippen molar-refractivity contribution in [2.24, 2.45) is 0 Å². The second kappa shape index (κ2) is 7.99. The van der Waals surface area contributed by atoms with Crippen LogP contribution in [0, 0.1) is 6.92 Å². The molecule has 0 fully saturated rings. The molecular formula is C24H24N2O4. The fourth-order valence-electron chi connectivity index (χ4n) is 3.78. The van der Waals surface area contributed by atoms with Crippen molar-refractivity contribution >= 4 is 17.3 Å². The van der Waals surface area contributed by atoms with Crippen molar-refractivity contribution in [3.63, 3.8) is 0 Å². The van der Waals surface area contributed by atoms with Crippen molar-refractivity contribution in [1.82, 2.24) is 0 Å². The van der Waals surface area contributed by atoms with Crippen molar-refractivity contribution in [2.75, 3.05) is 31.5 Å². The van der Waals surface area contributed by atoms with E-state index in [2.05, 4.69) is 5.32 Å². The zero-order valence-corrected chi connectivity index (χ0v) is 17.4. The summed E-state index contributed by atoms with van der Waals surface area (Å²) in [5.74, 6) is 1.46. The number of para-hydroxylation sites is 1. The number of carbonyl (C=O) groups excluding carboxylic acids is 1. The quantitative estimate of drug-likeness (QED) is 0.662. The predicted octanol–water partition coefficient (Wildman–Crippen LogP) is 4.79. The number of amides is 1. The third-order valence-electron chi connectivity index (χ3n) is 5.27. The Labute approximate surface area is 176 Å². The van der Waals surface area contributed by atoms with Gasteiger partial charge in [-0.15, -0.1) is 0 Å². The number of nitrogens with zero attached hydrogens (tertiary/aromatic N) is 1. The Morgan fingerprint density at radius 3 is 2.20 bits per heavy atom. The molecule has 0 aliphatic carbocycles. The fraction of sp³-hybridized carbons (Fsp3) is 0.208. The van der Waals surface area contributed by atoms with Crippen molar-refractivity contribution in [1.29, 1.82) is 0 Å². The number of methoxy groups -OCH3 is 3. The number of fused-ring (bicyclic) bond motifs is 1. The predicted molar refractivity (Wildman–Crippen MR) is 117 cm³/mol. The SMILES string of the molecule is COc1ccc([C@@H]2Nc3ccccc3C(=O)N2c2ccc(C)cc2)c(OC)c1OC. The van der Waals surface area contributed by atoms with Crippen LogP contribution in [-0.2, 0) is 0 Å². The maximum absolute atomic E-state index is 13.6. The summed E-state index contributed by atoms with van der Waals surface area (Å²) in [6, 6.07) is 19.1. The molecule has 1 atom stereocenters. The van der Waals surface area contributed by atoms with Crippen LogP contribution < -0.4 is 24.4 Å². The second-order valence-corrected chi connectivity index (χ2v) is 7.03. The molecular weight excluding hydrogens is 380 g/mol. The van der Waals surface area contributed by atoms with Crippen molar-refractivity contribution in [3.8, 4) is 17.2 Å². The Kier molecular flexibility index (Phi) is 5.23. The van der Waals surface area contributed by atoms with Gasteiger partial charge in [-0.3, -0.25) is 9.69 Å². The maximum Gasteiger partial charge on any atom is 0.262 e. The molecule has 0 aromatic heterocycles. The standard InChI is InChI=1S/C24H24N2O4/c1-15-9-11-16(12-10-15)26-23(25-19-8-6-5-7-17(19)24(26)27)18-13-14-20(28-2)22(30-4)21(18)29-3/h5-14,23,25H,1-4H3/t23-/m1/s1. The zero-order valence-electron chi connectivity index (χ0n) is 17.4. The van der Waals surface area contributed by atoms with Gasteiger partial charge in [0.25, 0.3) is 5.91 Å². The van der Waals surface area contributed by atoms with Crippen LogP contribution in [0.4, 0.5) is 11.4 Å². The van der Waals surface area contributed by atoms with Gasteiger partial charge in [0.15, 0.2) is 11.5 Å². The summed E-state index contributed by atoms with van der Waals surface area (Å²) in [6.07, 6.45) is -0.495. The Hall–Kier alpha value is -3.67. The maximum atomic E-state index is 13.6. The van der Waals surface area contributed by atoms with Crippen molar-refractivity contribution < 1.29 is 19.0 Å². The Morgan fingerprint density at radius 2 is 1.53 bits per heavy atom. The van der Waals surface area contributed by atoms with E-state index in [1.807, 2.05) is 67.6 Å². The molecule has 154 valence electrons. The van der Waals surface area contributed by atoms with Gasteiger partial charge in [0.2, 0.25) is 5.75 Å². The van der Waals surface area contributed by atoms with Crippen molar-refractivity contribution in [2.45, 2.75) is 13.1 Å². The Morgan fingerprint density at radius 1 is 0.833 bits per heavy atom. The van der Waals surface area contributed by atoms with E-state index in [0.717, 1.165) is 22.5 Å². The van der Waals surface area contributed by atoms with Gasteiger partial charge < -0.3 is 19.5 Å². The summed E-state index contributed by atoms with van der Waals surface area (Å²) >= 11 is 0. The van der Waals surface area contributed by atoms with Gasteiger partial charge in [0.1, 0.15) is 6.17 Å². The third kappa shape index (κ3) is 3.20. The lowest BCUT2D eigenvalue weighted by molar-refractivity contribution is 0.0974. The number of hydrogen-bond acceptors (Lipinski definition) is 5. The van der Waals surface area contributed by atoms with Crippen LogP contribution in [0.3, 0.4) is 0 Å². The topological polar surface area (TPSA) is 60.0 Å². The summed E-state index contributed by atoms with van der Waals surface area (Å²) in [5, 5.41) is 3.50. The van der Waals surface area contributed by atoms with Crippen molar-refractivity contribution in [3.05, 3.63) is 77.4 Å². The van der Waals surface area contributed by atoms with E-state index < -0.39 is 6.17 Å². The van der Waals surface area contributed by atoms with Crippen LogP contribution in [-0.4, -0.2) is 27.2 Å². The average molecular weight is 404 g/mol. The van der Waals surface area contributed by atoms with Crippen LogP contribution in [0.25, 0.3) is 0 Å².